The summed E-state index contributed by atoms with van der Waals surface area (Å²) in [7, 11) is 0. The van der Waals surface area contributed by atoms with Gasteiger partial charge in [-0.1, -0.05) is 6.08 Å². The first-order chi connectivity index (χ1) is 6.81. The fourth-order valence-electron chi connectivity index (χ4n) is 1.37. The van der Waals surface area contributed by atoms with Crippen LogP contribution in [0.5, 0.6) is 0 Å². The van der Waals surface area contributed by atoms with Gasteiger partial charge in [0.2, 0.25) is 0 Å². The summed E-state index contributed by atoms with van der Waals surface area (Å²) in [6, 6.07) is 0. The molecule has 1 aliphatic rings. The van der Waals surface area contributed by atoms with Gasteiger partial charge in [-0.25, -0.2) is 10.1 Å². The largest absolute Gasteiger partial charge is 0.355 e. The third-order valence-corrected chi connectivity index (χ3v) is 1.87. The molecule has 0 aliphatic carbocycles. The first-order valence-electron chi connectivity index (χ1n) is 5.01. The zero-order chi connectivity index (χ0) is 10.4. The molecule has 15 heavy (non-hydrogen) atoms. The molecule has 0 aromatic carbocycles. The Bertz CT molecular complexity index is 221. The Labute approximate surface area is 97.3 Å². The summed E-state index contributed by atoms with van der Waals surface area (Å²) in [5, 5.41) is 1.79. The van der Waals surface area contributed by atoms with Gasteiger partial charge in [-0.05, 0) is 13.8 Å². The Hall–Kier alpha value is -0.580. The number of halogens is 1. The maximum absolute atomic E-state index is 5.42. The van der Waals surface area contributed by atoms with Crippen molar-refractivity contribution in [2.75, 3.05) is 19.8 Å². The van der Waals surface area contributed by atoms with Crippen molar-refractivity contribution >= 4 is 18.2 Å². The maximum atomic E-state index is 5.42. The fourth-order valence-corrected chi connectivity index (χ4v) is 1.37. The molecule has 0 saturated carbocycles. The first-order valence-corrected chi connectivity index (χ1v) is 5.01. The Morgan fingerprint density at radius 3 is 2.80 bits per heavy atom. The van der Waals surface area contributed by atoms with Crippen molar-refractivity contribution in [2.45, 2.75) is 26.5 Å². The molecular formula is C10H19ClN2O2. The highest BCUT2D eigenvalue weighted by atomic mass is 35.5. The van der Waals surface area contributed by atoms with Crippen LogP contribution in [0.2, 0.25) is 0 Å². The van der Waals surface area contributed by atoms with Gasteiger partial charge in [0, 0.05) is 13.0 Å². The van der Waals surface area contributed by atoms with Gasteiger partial charge >= 0.3 is 0 Å². The van der Waals surface area contributed by atoms with E-state index in [1.165, 1.54) is 0 Å². The van der Waals surface area contributed by atoms with Gasteiger partial charge in [-0.2, -0.15) is 0 Å². The molecule has 1 aliphatic heterocycles. The molecule has 0 aromatic rings. The van der Waals surface area contributed by atoms with Gasteiger partial charge in [-0.3, -0.25) is 4.84 Å². The van der Waals surface area contributed by atoms with Crippen molar-refractivity contribution in [3.05, 3.63) is 12.7 Å². The van der Waals surface area contributed by atoms with Crippen LogP contribution in [0.3, 0.4) is 0 Å². The van der Waals surface area contributed by atoms with E-state index in [1.54, 1.807) is 5.06 Å². The molecule has 0 spiro atoms. The predicted octanol–water partition coefficient (Wildman–Crippen LogP) is 2.01. The normalized spacial score (nSPS) is 19.7. The second kappa shape index (κ2) is 7.68. The van der Waals surface area contributed by atoms with Crippen LogP contribution in [0.4, 0.5) is 0 Å². The summed E-state index contributed by atoms with van der Waals surface area (Å²) in [4.78, 5) is 9.81. The lowest BCUT2D eigenvalue weighted by Crippen LogP contribution is -2.30. The smallest absolute Gasteiger partial charge is 0.170 e. The van der Waals surface area contributed by atoms with E-state index < -0.39 is 0 Å². The minimum Gasteiger partial charge on any atom is -0.355 e. The molecule has 88 valence electrons. The molecule has 0 bridgehead atoms. The van der Waals surface area contributed by atoms with Gasteiger partial charge in [0.05, 0.1) is 13.2 Å². The van der Waals surface area contributed by atoms with Crippen LogP contribution in [-0.2, 0) is 9.57 Å². The van der Waals surface area contributed by atoms with E-state index in [0.29, 0.717) is 19.8 Å². The number of hydrogen-bond donors (Lipinski definition) is 0. The highest BCUT2D eigenvalue weighted by Crippen LogP contribution is 2.13. The summed E-state index contributed by atoms with van der Waals surface area (Å²) in [5.41, 5.74) is 0. The molecule has 0 saturated heterocycles. The van der Waals surface area contributed by atoms with Crippen molar-refractivity contribution in [3.63, 3.8) is 0 Å². The summed E-state index contributed by atoms with van der Waals surface area (Å²) in [5.74, 6) is 0.903. The van der Waals surface area contributed by atoms with Crippen LogP contribution in [-0.4, -0.2) is 36.9 Å². The number of ether oxygens (including phenoxy) is 1. The van der Waals surface area contributed by atoms with Crippen molar-refractivity contribution < 1.29 is 9.57 Å². The van der Waals surface area contributed by atoms with Crippen LogP contribution in [0.15, 0.2) is 17.6 Å². The number of hydrogen-bond acceptors (Lipinski definition) is 4. The van der Waals surface area contributed by atoms with Crippen LogP contribution >= 0.6 is 12.4 Å². The minimum atomic E-state index is -0.0819. The molecule has 0 fully saturated rings. The molecule has 5 heteroatoms. The third kappa shape index (κ3) is 4.20. The van der Waals surface area contributed by atoms with Crippen LogP contribution in [0, 0.1) is 0 Å². The van der Waals surface area contributed by atoms with Crippen molar-refractivity contribution in [2.24, 2.45) is 4.99 Å². The molecule has 0 N–H and O–H groups in total. The second-order valence-corrected chi connectivity index (χ2v) is 2.93. The van der Waals surface area contributed by atoms with Crippen LogP contribution < -0.4 is 0 Å². The quantitative estimate of drug-likeness (QED) is 0.660. The number of aliphatic imine (C=N–C) groups is 1. The monoisotopic (exact) mass is 234 g/mol. The average molecular weight is 235 g/mol. The SMILES string of the molecule is C=CCC1=NC(OCC)CN1OCC.Cl. The van der Waals surface area contributed by atoms with Crippen LogP contribution in [0.25, 0.3) is 0 Å². The lowest BCUT2D eigenvalue weighted by molar-refractivity contribution is -0.105. The standard InChI is InChI=1S/C10H18N2O2.ClH/c1-4-7-9-11-10(13-5-2)8-12(9)14-6-3;/h4,10H,1,5-8H2,2-3H3;1H. The lowest BCUT2D eigenvalue weighted by atomic mass is 10.4. The molecule has 1 rings (SSSR count). The highest BCUT2D eigenvalue weighted by molar-refractivity contribution is 5.85. The van der Waals surface area contributed by atoms with Gasteiger partial charge in [0.25, 0.3) is 0 Å². The van der Waals surface area contributed by atoms with Crippen molar-refractivity contribution in [3.8, 4) is 0 Å². The van der Waals surface area contributed by atoms with E-state index in [0.717, 1.165) is 12.3 Å². The molecule has 1 heterocycles. The molecule has 0 radical (unpaired) electrons. The summed E-state index contributed by atoms with van der Waals surface area (Å²) < 4.78 is 5.41. The Morgan fingerprint density at radius 1 is 1.53 bits per heavy atom. The molecule has 0 aromatic heterocycles. The van der Waals surface area contributed by atoms with E-state index in [2.05, 4.69) is 11.6 Å². The molecule has 1 atom stereocenters. The summed E-state index contributed by atoms with van der Waals surface area (Å²) >= 11 is 0. The van der Waals surface area contributed by atoms with Gasteiger partial charge in [0.1, 0.15) is 5.84 Å². The highest BCUT2D eigenvalue weighted by Gasteiger charge is 2.24. The zero-order valence-electron chi connectivity index (χ0n) is 9.31. The Kier molecular flexibility index (Phi) is 7.38. The van der Waals surface area contributed by atoms with E-state index in [-0.39, 0.29) is 18.6 Å². The van der Waals surface area contributed by atoms with E-state index >= 15 is 0 Å². The van der Waals surface area contributed by atoms with Crippen molar-refractivity contribution in [1.29, 1.82) is 0 Å². The second-order valence-electron chi connectivity index (χ2n) is 2.93. The Morgan fingerprint density at radius 2 is 2.27 bits per heavy atom. The van der Waals surface area contributed by atoms with Crippen LogP contribution in [0.1, 0.15) is 20.3 Å². The summed E-state index contributed by atoms with van der Waals surface area (Å²) in [6.07, 6.45) is 2.46. The first kappa shape index (κ1) is 14.4. The van der Waals surface area contributed by atoms with Gasteiger partial charge in [-0.15, -0.1) is 19.0 Å². The van der Waals surface area contributed by atoms with Crippen molar-refractivity contribution in [1.82, 2.24) is 5.06 Å². The number of hydroxylamine groups is 2. The third-order valence-electron chi connectivity index (χ3n) is 1.87. The predicted molar refractivity (Wildman–Crippen MR) is 63.2 cm³/mol. The Balaban J connectivity index is 0.00000196. The minimum absolute atomic E-state index is 0. The molecule has 0 amide bonds. The maximum Gasteiger partial charge on any atom is 0.170 e. The zero-order valence-corrected chi connectivity index (χ0v) is 10.1. The lowest BCUT2D eigenvalue weighted by Gasteiger charge is -2.18. The topological polar surface area (TPSA) is 34.1 Å². The molecular weight excluding hydrogens is 216 g/mol. The van der Waals surface area contributed by atoms with Gasteiger partial charge in [0.15, 0.2) is 6.23 Å². The van der Waals surface area contributed by atoms with E-state index in [1.807, 2.05) is 19.9 Å². The van der Waals surface area contributed by atoms with E-state index in [9.17, 15) is 0 Å². The number of nitrogens with zero attached hydrogens (tertiary/aromatic N) is 2. The number of rotatable bonds is 6. The number of amidine groups is 1. The van der Waals surface area contributed by atoms with E-state index in [4.69, 9.17) is 9.57 Å². The summed E-state index contributed by atoms with van der Waals surface area (Å²) in [6.45, 7) is 9.62. The molecule has 1 unspecified atom stereocenters. The average Bonchev–Trinajstić information content (AvgIpc) is 2.50. The van der Waals surface area contributed by atoms with Gasteiger partial charge < -0.3 is 4.74 Å². The fraction of sp³-hybridized carbons (Fsp3) is 0.700. The molecule has 4 nitrogen and oxygen atoms in total.